The van der Waals surface area contributed by atoms with Crippen LogP contribution in [0.4, 0.5) is 0 Å². The molecular formula is C18H26O3. The van der Waals surface area contributed by atoms with Gasteiger partial charge in [-0.2, -0.15) is 0 Å². The van der Waals surface area contributed by atoms with Crippen LogP contribution in [0.2, 0.25) is 0 Å². The molecule has 1 aromatic carbocycles. The van der Waals surface area contributed by atoms with Gasteiger partial charge in [0.05, 0.1) is 13.7 Å². The van der Waals surface area contributed by atoms with Gasteiger partial charge in [0.15, 0.2) is 0 Å². The van der Waals surface area contributed by atoms with Crippen molar-refractivity contribution in [2.75, 3.05) is 13.7 Å². The quantitative estimate of drug-likeness (QED) is 0.497. The van der Waals surface area contributed by atoms with Crippen molar-refractivity contribution in [3.8, 4) is 5.75 Å². The highest BCUT2D eigenvalue weighted by atomic mass is 16.5. The molecule has 0 amide bonds. The number of hydrogen-bond donors (Lipinski definition) is 0. The van der Waals surface area contributed by atoms with Crippen LogP contribution in [0.25, 0.3) is 6.08 Å². The molecule has 1 aromatic rings. The van der Waals surface area contributed by atoms with Crippen LogP contribution in [0.5, 0.6) is 5.75 Å². The Kier molecular flexibility index (Phi) is 8.25. The van der Waals surface area contributed by atoms with E-state index >= 15 is 0 Å². The third kappa shape index (κ3) is 6.98. The van der Waals surface area contributed by atoms with Gasteiger partial charge < -0.3 is 9.47 Å². The molecule has 0 fully saturated rings. The fraction of sp³-hybridized carbons (Fsp3) is 0.500. The van der Waals surface area contributed by atoms with Crippen molar-refractivity contribution in [2.45, 2.75) is 39.5 Å². The normalized spacial score (nSPS) is 12.3. The molecule has 116 valence electrons. The summed E-state index contributed by atoms with van der Waals surface area (Å²) in [6, 6.07) is 7.53. The molecule has 0 spiro atoms. The van der Waals surface area contributed by atoms with Gasteiger partial charge in [-0.3, -0.25) is 0 Å². The molecule has 0 radical (unpaired) electrons. The van der Waals surface area contributed by atoms with E-state index < -0.39 is 0 Å². The maximum absolute atomic E-state index is 11.7. The highest BCUT2D eigenvalue weighted by Gasteiger charge is 2.08. The summed E-state index contributed by atoms with van der Waals surface area (Å²) >= 11 is 0. The van der Waals surface area contributed by atoms with Gasteiger partial charge in [0.2, 0.25) is 0 Å². The molecule has 0 bridgehead atoms. The molecule has 0 aliphatic carbocycles. The Hall–Kier alpha value is -1.77. The molecule has 0 saturated carbocycles. The molecule has 0 aromatic heterocycles. The first-order valence-corrected chi connectivity index (χ1v) is 7.68. The summed E-state index contributed by atoms with van der Waals surface area (Å²) in [5.41, 5.74) is 0.950. The summed E-state index contributed by atoms with van der Waals surface area (Å²) in [4.78, 5) is 11.7. The highest BCUT2D eigenvalue weighted by Crippen LogP contribution is 2.14. The fourth-order valence-corrected chi connectivity index (χ4v) is 2.03. The minimum absolute atomic E-state index is 0.277. The Morgan fingerprint density at radius 3 is 2.52 bits per heavy atom. The fourth-order valence-electron chi connectivity index (χ4n) is 2.03. The summed E-state index contributed by atoms with van der Waals surface area (Å²) < 4.78 is 10.4. The third-order valence-electron chi connectivity index (χ3n) is 3.53. The Morgan fingerprint density at radius 1 is 1.24 bits per heavy atom. The van der Waals surface area contributed by atoms with Crippen LogP contribution >= 0.6 is 0 Å². The van der Waals surface area contributed by atoms with E-state index in [9.17, 15) is 4.79 Å². The van der Waals surface area contributed by atoms with Crippen molar-refractivity contribution in [1.82, 2.24) is 0 Å². The van der Waals surface area contributed by atoms with Gasteiger partial charge >= 0.3 is 5.97 Å². The smallest absolute Gasteiger partial charge is 0.330 e. The van der Waals surface area contributed by atoms with Gasteiger partial charge in [0.1, 0.15) is 5.75 Å². The molecule has 0 aliphatic heterocycles. The van der Waals surface area contributed by atoms with Crippen LogP contribution in [-0.4, -0.2) is 19.7 Å². The Morgan fingerprint density at radius 2 is 1.95 bits per heavy atom. The molecular weight excluding hydrogens is 264 g/mol. The van der Waals surface area contributed by atoms with Crippen molar-refractivity contribution >= 4 is 12.0 Å². The molecule has 0 saturated heterocycles. The lowest BCUT2D eigenvalue weighted by atomic mass is 10.0. The van der Waals surface area contributed by atoms with Crippen LogP contribution in [0.15, 0.2) is 30.3 Å². The number of methoxy groups -OCH3 is 1. The molecule has 3 nitrogen and oxygen atoms in total. The Bertz CT molecular complexity index is 434. The molecule has 1 rings (SSSR count). The van der Waals surface area contributed by atoms with Crippen LogP contribution < -0.4 is 4.74 Å². The molecule has 1 atom stereocenters. The number of benzene rings is 1. The number of ether oxygens (including phenoxy) is 2. The van der Waals surface area contributed by atoms with Crippen molar-refractivity contribution in [3.63, 3.8) is 0 Å². The topological polar surface area (TPSA) is 35.5 Å². The molecule has 0 heterocycles. The van der Waals surface area contributed by atoms with Crippen molar-refractivity contribution in [3.05, 3.63) is 35.9 Å². The lowest BCUT2D eigenvalue weighted by Crippen LogP contribution is -2.12. The first kappa shape index (κ1) is 17.3. The number of esters is 1. The minimum Gasteiger partial charge on any atom is -0.497 e. The Labute approximate surface area is 128 Å². The number of carbonyl (C=O) groups is 1. The highest BCUT2D eigenvalue weighted by molar-refractivity contribution is 5.87. The van der Waals surface area contributed by atoms with Crippen LogP contribution in [0, 0.1) is 5.92 Å². The second kappa shape index (κ2) is 10.0. The number of unbranched alkanes of at least 4 members (excludes halogenated alkanes) is 1. The summed E-state index contributed by atoms with van der Waals surface area (Å²) in [5, 5.41) is 0. The van der Waals surface area contributed by atoms with Crippen LogP contribution in [-0.2, 0) is 9.53 Å². The summed E-state index contributed by atoms with van der Waals surface area (Å²) in [5.74, 6) is 1.00. The molecule has 0 N–H and O–H groups in total. The standard InChI is InChI=1S/C18H26O3/c1-4-6-7-15(5-2)14-21-18(19)13-10-16-8-11-17(20-3)12-9-16/h8-13,15H,4-7,14H2,1-3H3/t15-/m1/s1. The van der Waals surface area contributed by atoms with Crippen LogP contribution in [0.1, 0.15) is 45.1 Å². The number of hydrogen-bond acceptors (Lipinski definition) is 3. The van der Waals surface area contributed by atoms with E-state index in [1.807, 2.05) is 24.3 Å². The SMILES string of the molecule is CCCC[C@@H](CC)COC(=O)C=Cc1ccc(OC)cc1. The summed E-state index contributed by atoms with van der Waals surface area (Å²) in [6.07, 6.45) is 7.79. The molecule has 0 unspecified atom stereocenters. The van der Waals surface area contributed by atoms with Gasteiger partial charge in [0.25, 0.3) is 0 Å². The van der Waals surface area contributed by atoms with Gasteiger partial charge in [-0.15, -0.1) is 0 Å². The van der Waals surface area contributed by atoms with E-state index in [4.69, 9.17) is 9.47 Å². The lowest BCUT2D eigenvalue weighted by molar-refractivity contribution is -0.139. The van der Waals surface area contributed by atoms with Crippen LogP contribution in [0.3, 0.4) is 0 Å². The van der Waals surface area contributed by atoms with Gasteiger partial charge in [-0.05, 0) is 36.1 Å². The predicted octanol–water partition coefficient (Wildman–Crippen LogP) is 4.47. The first-order valence-electron chi connectivity index (χ1n) is 7.68. The average molecular weight is 290 g/mol. The largest absolute Gasteiger partial charge is 0.497 e. The maximum Gasteiger partial charge on any atom is 0.330 e. The van der Waals surface area contributed by atoms with Crippen molar-refractivity contribution in [1.29, 1.82) is 0 Å². The molecule has 3 heteroatoms. The van der Waals surface area contributed by atoms with Crippen molar-refractivity contribution < 1.29 is 14.3 Å². The van der Waals surface area contributed by atoms with Crippen molar-refractivity contribution in [2.24, 2.45) is 5.92 Å². The minimum atomic E-state index is -0.277. The van der Waals surface area contributed by atoms with E-state index in [0.29, 0.717) is 12.5 Å². The number of carbonyl (C=O) groups excluding carboxylic acids is 1. The summed E-state index contributed by atoms with van der Waals surface area (Å²) in [7, 11) is 1.63. The van der Waals surface area contributed by atoms with E-state index in [-0.39, 0.29) is 5.97 Å². The first-order chi connectivity index (χ1) is 10.2. The third-order valence-corrected chi connectivity index (χ3v) is 3.53. The zero-order valence-electron chi connectivity index (χ0n) is 13.3. The zero-order valence-corrected chi connectivity index (χ0v) is 13.3. The van der Waals surface area contributed by atoms with Gasteiger partial charge in [0, 0.05) is 6.08 Å². The van der Waals surface area contributed by atoms with E-state index in [2.05, 4.69) is 13.8 Å². The summed E-state index contributed by atoms with van der Waals surface area (Å²) in [6.45, 7) is 4.83. The second-order valence-corrected chi connectivity index (χ2v) is 5.15. The Balaban J connectivity index is 2.39. The maximum atomic E-state index is 11.7. The van der Waals surface area contributed by atoms with E-state index in [0.717, 1.165) is 24.2 Å². The second-order valence-electron chi connectivity index (χ2n) is 5.15. The predicted molar refractivity (Wildman–Crippen MR) is 86.3 cm³/mol. The molecule has 0 aliphatic rings. The number of rotatable bonds is 9. The van der Waals surface area contributed by atoms with Gasteiger partial charge in [-0.25, -0.2) is 4.79 Å². The lowest BCUT2D eigenvalue weighted by Gasteiger charge is -2.13. The van der Waals surface area contributed by atoms with E-state index in [1.165, 1.54) is 18.9 Å². The monoisotopic (exact) mass is 290 g/mol. The average Bonchev–Trinajstić information content (AvgIpc) is 2.53. The molecule has 21 heavy (non-hydrogen) atoms. The zero-order chi connectivity index (χ0) is 15.5. The van der Waals surface area contributed by atoms with E-state index in [1.54, 1.807) is 13.2 Å². The van der Waals surface area contributed by atoms with Gasteiger partial charge in [-0.1, -0.05) is 45.2 Å².